The van der Waals surface area contributed by atoms with E-state index in [0.29, 0.717) is 0 Å². The lowest BCUT2D eigenvalue weighted by Crippen LogP contribution is -1.16. The van der Waals surface area contributed by atoms with E-state index < -0.39 is 0 Å². The standard InChI is InChI=1S/C4H4S.2S/c1-2-4-5-3-1;;/h1-4H;;. The lowest BCUT2D eigenvalue weighted by Gasteiger charge is -1.39. The smallest absolute Gasteiger partial charge is 0 e. The van der Waals surface area contributed by atoms with Crippen molar-refractivity contribution in [1.82, 2.24) is 0 Å². The van der Waals surface area contributed by atoms with E-state index >= 15 is 0 Å². The average molecular weight is 148 g/mol. The van der Waals surface area contributed by atoms with E-state index in [2.05, 4.69) is 0 Å². The predicted octanol–water partition coefficient (Wildman–Crippen LogP) is 3.04. The normalized spacial score (nSPS) is 5.71. The molecule has 0 aliphatic heterocycles. The van der Waals surface area contributed by atoms with Crippen LogP contribution < -0.4 is 0 Å². The fourth-order valence-electron chi connectivity index (χ4n) is 0.227. The summed E-state index contributed by atoms with van der Waals surface area (Å²) in [5.41, 5.74) is 0. The second kappa shape index (κ2) is 6.40. The van der Waals surface area contributed by atoms with E-state index in [4.69, 9.17) is 0 Å². The molecule has 0 saturated heterocycles. The first-order chi connectivity index (χ1) is 2.50. The Morgan fingerprint density at radius 1 is 0.857 bits per heavy atom. The summed E-state index contributed by atoms with van der Waals surface area (Å²) in [6.07, 6.45) is 0. The van der Waals surface area contributed by atoms with Crippen molar-refractivity contribution in [3.8, 4) is 0 Å². The Labute approximate surface area is 61.5 Å². The Balaban J connectivity index is 0. The van der Waals surface area contributed by atoms with Gasteiger partial charge in [-0.15, -0.1) is 0 Å². The largest absolute Gasteiger partial charge is 0.152 e. The van der Waals surface area contributed by atoms with Gasteiger partial charge in [-0.05, 0) is 10.8 Å². The van der Waals surface area contributed by atoms with Gasteiger partial charge in [0.05, 0.1) is 0 Å². The summed E-state index contributed by atoms with van der Waals surface area (Å²) in [6.45, 7) is 0. The monoisotopic (exact) mass is 148 g/mol. The van der Waals surface area contributed by atoms with Crippen molar-refractivity contribution in [2.24, 2.45) is 0 Å². The molecule has 0 saturated carbocycles. The molecule has 0 nitrogen and oxygen atoms in total. The molecule has 0 unspecified atom stereocenters. The summed E-state index contributed by atoms with van der Waals surface area (Å²) in [4.78, 5) is 0. The molecule has 0 N–H and O–H groups in total. The van der Waals surface area contributed by atoms with Gasteiger partial charge < -0.3 is 0 Å². The second-order valence-corrected chi connectivity index (χ2v) is 1.61. The van der Waals surface area contributed by atoms with Crippen molar-refractivity contribution in [3.63, 3.8) is 0 Å². The predicted molar refractivity (Wildman–Crippen MR) is 39.5 cm³/mol. The highest BCUT2D eigenvalue weighted by molar-refractivity contribution is 7.59. The third kappa shape index (κ3) is 4.25. The van der Waals surface area contributed by atoms with E-state index in [9.17, 15) is 0 Å². The molecule has 1 aromatic rings. The zero-order valence-corrected chi connectivity index (χ0v) is 5.98. The van der Waals surface area contributed by atoms with Crippen LogP contribution in [0.1, 0.15) is 0 Å². The van der Waals surface area contributed by atoms with Gasteiger partial charge in [-0.25, -0.2) is 0 Å². The molecule has 0 aromatic carbocycles. The van der Waals surface area contributed by atoms with Crippen LogP contribution in [0.4, 0.5) is 0 Å². The summed E-state index contributed by atoms with van der Waals surface area (Å²) >= 11 is 1.71. The minimum absolute atomic E-state index is 0. The Morgan fingerprint density at radius 2 is 1.29 bits per heavy atom. The van der Waals surface area contributed by atoms with Crippen molar-refractivity contribution in [1.29, 1.82) is 0 Å². The van der Waals surface area contributed by atoms with E-state index in [0.717, 1.165) is 0 Å². The van der Waals surface area contributed by atoms with Crippen molar-refractivity contribution < 1.29 is 0 Å². The van der Waals surface area contributed by atoms with E-state index in [-0.39, 0.29) is 27.0 Å². The van der Waals surface area contributed by atoms with E-state index in [1.54, 1.807) is 11.3 Å². The third-order valence-corrected chi connectivity index (χ3v) is 1.05. The van der Waals surface area contributed by atoms with Gasteiger partial charge in [-0.1, -0.05) is 12.1 Å². The summed E-state index contributed by atoms with van der Waals surface area (Å²) in [6, 6.07) is 4.04. The maximum atomic E-state index is 2.04. The fraction of sp³-hybridized carbons (Fsp3) is 0. The Morgan fingerprint density at radius 3 is 1.43 bits per heavy atom. The molecule has 0 aliphatic rings. The van der Waals surface area contributed by atoms with Gasteiger partial charge in [0.15, 0.2) is 0 Å². The van der Waals surface area contributed by atoms with Gasteiger partial charge in [0, 0.05) is 27.0 Å². The van der Waals surface area contributed by atoms with Crippen LogP contribution in [0.5, 0.6) is 0 Å². The van der Waals surface area contributed by atoms with Crippen LogP contribution in [0.25, 0.3) is 0 Å². The third-order valence-electron chi connectivity index (χ3n) is 0.425. The van der Waals surface area contributed by atoms with Crippen molar-refractivity contribution in [2.45, 2.75) is 0 Å². The molecule has 0 spiro atoms. The molecule has 0 atom stereocenters. The SMILES string of the molecule is [S].[S].c1ccsc1. The Bertz CT molecular complexity index is 63.4. The van der Waals surface area contributed by atoms with Crippen LogP contribution >= 0.6 is 38.3 Å². The minimum Gasteiger partial charge on any atom is -0.152 e. The lowest BCUT2D eigenvalue weighted by molar-refractivity contribution is 2.03. The van der Waals surface area contributed by atoms with Gasteiger partial charge in [0.25, 0.3) is 0 Å². The number of hydrogen-bond acceptors (Lipinski definition) is 1. The molecule has 0 aliphatic carbocycles. The number of rotatable bonds is 0. The molecule has 0 bridgehead atoms. The molecule has 38 valence electrons. The van der Waals surface area contributed by atoms with Crippen LogP contribution in [-0.2, 0) is 0 Å². The molecule has 4 radical (unpaired) electrons. The molecule has 1 aromatic heterocycles. The molecular weight excluding hydrogens is 144 g/mol. The quantitative estimate of drug-likeness (QED) is 0.530. The fourth-order valence-corrected chi connectivity index (χ4v) is 0.680. The van der Waals surface area contributed by atoms with Crippen LogP contribution in [0, 0.1) is 0 Å². The topological polar surface area (TPSA) is 0 Å². The number of hydrogen-bond donors (Lipinski definition) is 0. The van der Waals surface area contributed by atoms with Gasteiger partial charge >= 0.3 is 0 Å². The van der Waals surface area contributed by atoms with Gasteiger partial charge in [-0.3, -0.25) is 0 Å². The first kappa shape index (κ1) is 10.4. The van der Waals surface area contributed by atoms with Crippen molar-refractivity contribution >= 4 is 38.3 Å². The minimum atomic E-state index is 0. The molecule has 1 heterocycles. The van der Waals surface area contributed by atoms with Crippen LogP contribution in [0.15, 0.2) is 22.9 Å². The van der Waals surface area contributed by atoms with Gasteiger partial charge in [-0.2, -0.15) is 11.3 Å². The maximum Gasteiger partial charge on any atom is 0 e. The van der Waals surface area contributed by atoms with E-state index in [1.807, 2.05) is 22.9 Å². The number of thiophene rings is 1. The maximum absolute atomic E-state index is 2.04. The first-order valence-corrected chi connectivity index (χ1v) is 2.41. The lowest BCUT2D eigenvalue weighted by atomic mass is 10.7. The zero-order valence-electron chi connectivity index (χ0n) is 3.53. The van der Waals surface area contributed by atoms with Crippen LogP contribution in [0.3, 0.4) is 0 Å². The molecular formula is C4H4S3. The summed E-state index contributed by atoms with van der Waals surface area (Å²) in [7, 11) is 0. The van der Waals surface area contributed by atoms with Gasteiger partial charge in [0.1, 0.15) is 0 Å². The molecule has 7 heavy (non-hydrogen) atoms. The first-order valence-electron chi connectivity index (χ1n) is 1.47. The van der Waals surface area contributed by atoms with E-state index in [1.165, 1.54) is 0 Å². The van der Waals surface area contributed by atoms with Crippen LogP contribution in [0.2, 0.25) is 0 Å². The molecule has 3 heteroatoms. The second-order valence-electron chi connectivity index (χ2n) is 0.793. The van der Waals surface area contributed by atoms with Gasteiger partial charge in [0.2, 0.25) is 0 Å². The molecule has 0 fully saturated rings. The molecule has 1 rings (SSSR count). The molecule has 0 amide bonds. The Kier molecular flexibility index (Phi) is 9.50. The Hall–Kier alpha value is 0.400. The van der Waals surface area contributed by atoms with Crippen molar-refractivity contribution in [3.05, 3.63) is 22.9 Å². The van der Waals surface area contributed by atoms with Crippen molar-refractivity contribution in [2.75, 3.05) is 0 Å². The summed E-state index contributed by atoms with van der Waals surface area (Å²) < 4.78 is 0. The highest BCUT2D eigenvalue weighted by Crippen LogP contribution is 1.91. The average Bonchev–Trinajstić information content (AvgIpc) is 1.76. The highest BCUT2D eigenvalue weighted by atomic mass is 32.1. The zero-order chi connectivity index (χ0) is 3.54. The summed E-state index contributed by atoms with van der Waals surface area (Å²) in [5, 5.41) is 4.08. The van der Waals surface area contributed by atoms with Crippen LogP contribution in [-0.4, -0.2) is 0 Å². The summed E-state index contributed by atoms with van der Waals surface area (Å²) in [5.74, 6) is 0. The highest BCUT2D eigenvalue weighted by Gasteiger charge is 1.58.